The Morgan fingerprint density at radius 1 is 0.964 bits per heavy atom. The van der Waals surface area contributed by atoms with Crippen molar-refractivity contribution in [2.75, 3.05) is 0 Å². The Balaban J connectivity index is 1.59. The summed E-state index contributed by atoms with van der Waals surface area (Å²) in [5.74, 6) is -0.144. The molecule has 1 aliphatic carbocycles. The number of benzene rings is 2. The quantitative estimate of drug-likeness (QED) is 0.342. The van der Waals surface area contributed by atoms with E-state index in [4.69, 9.17) is 9.57 Å². The van der Waals surface area contributed by atoms with Gasteiger partial charge in [0.1, 0.15) is 12.7 Å². The van der Waals surface area contributed by atoms with Crippen molar-refractivity contribution < 1.29 is 14.4 Å². The Morgan fingerprint density at radius 2 is 1.68 bits per heavy atom. The van der Waals surface area contributed by atoms with Gasteiger partial charge in [0.25, 0.3) is 0 Å². The van der Waals surface area contributed by atoms with Crippen LogP contribution in [0.15, 0.2) is 59.8 Å². The van der Waals surface area contributed by atoms with Gasteiger partial charge in [-0.05, 0) is 43.7 Å². The first-order valence-corrected chi connectivity index (χ1v) is 10.2. The van der Waals surface area contributed by atoms with E-state index in [1.807, 2.05) is 61.5 Å². The molecule has 1 aliphatic rings. The molecule has 0 N–H and O–H groups in total. The van der Waals surface area contributed by atoms with Gasteiger partial charge >= 0.3 is 5.97 Å². The van der Waals surface area contributed by atoms with Crippen LogP contribution in [0.25, 0.3) is 0 Å². The van der Waals surface area contributed by atoms with Crippen LogP contribution in [0.3, 0.4) is 0 Å². The fourth-order valence-corrected chi connectivity index (χ4v) is 3.40. The first-order valence-electron chi connectivity index (χ1n) is 10.2. The molecule has 0 atom stereocenters. The van der Waals surface area contributed by atoms with Crippen molar-refractivity contribution in [3.8, 4) is 0 Å². The highest BCUT2D eigenvalue weighted by atomic mass is 16.6. The van der Waals surface area contributed by atoms with E-state index in [0.717, 1.165) is 42.5 Å². The van der Waals surface area contributed by atoms with Crippen molar-refractivity contribution in [3.63, 3.8) is 0 Å². The van der Waals surface area contributed by atoms with Crippen molar-refractivity contribution >= 4 is 11.7 Å². The normalized spacial score (nSPS) is 15.2. The third kappa shape index (κ3) is 6.52. The minimum atomic E-state index is -0.144. The lowest BCUT2D eigenvalue weighted by atomic mass is 9.98. The molecule has 1 fully saturated rings. The molecule has 0 unspecified atom stereocenters. The number of hydrogen-bond acceptors (Lipinski definition) is 4. The van der Waals surface area contributed by atoms with Gasteiger partial charge in [0.2, 0.25) is 0 Å². The summed E-state index contributed by atoms with van der Waals surface area (Å²) >= 11 is 0. The van der Waals surface area contributed by atoms with Crippen LogP contribution >= 0.6 is 0 Å². The van der Waals surface area contributed by atoms with Crippen LogP contribution in [0.4, 0.5) is 0 Å². The largest absolute Gasteiger partial charge is 0.462 e. The lowest BCUT2D eigenvalue weighted by molar-refractivity contribution is -0.150. The highest BCUT2D eigenvalue weighted by Crippen LogP contribution is 2.21. The molecule has 0 radical (unpaired) electrons. The molecule has 2 aromatic rings. The molecular formula is C24H29NO3. The lowest BCUT2D eigenvalue weighted by Gasteiger charge is -2.21. The maximum Gasteiger partial charge on any atom is 0.306 e. The molecule has 4 nitrogen and oxygen atoms in total. The third-order valence-corrected chi connectivity index (χ3v) is 5.05. The molecule has 0 amide bonds. The first kappa shape index (κ1) is 20.1. The Hall–Kier alpha value is -2.62. The predicted octanol–water partition coefficient (Wildman–Crippen LogP) is 5.57. The van der Waals surface area contributed by atoms with Gasteiger partial charge in [0, 0.05) is 6.42 Å². The Labute approximate surface area is 167 Å². The van der Waals surface area contributed by atoms with E-state index < -0.39 is 0 Å². The number of rotatable bonds is 8. The zero-order valence-corrected chi connectivity index (χ0v) is 16.6. The van der Waals surface area contributed by atoms with Crippen LogP contribution in [0.1, 0.15) is 61.6 Å². The molecule has 1 saturated carbocycles. The standard InChI is InChI=1S/C24H29NO3/c1-19-12-14-21(15-13-19)23(25-27-18-20-8-4-2-5-9-20)16-17-24(26)28-22-10-6-3-7-11-22/h2,4-5,8-9,12-15,22H,3,6-7,10-11,16-18H2,1H3/b25-23+. The van der Waals surface area contributed by atoms with E-state index in [9.17, 15) is 4.79 Å². The van der Waals surface area contributed by atoms with E-state index in [1.165, 1.54) is 12.0 Å². The van der Waals surface area contributed by atoms with E-state index in [1.54, 1.807) is 0 Å². The molecule has 0 aromatic heterocycles. The van der Waals surface area contributed by atoms with Gasteiger partial charge < -0.3 is 9.57 Å². The molecule has 3 rings (SSSR count). The number of carbonyl (C=O) groups is 1. The molecule has 4 heteroatoms. The summed E-state index contributed by atoms with van der Waals surface area (Å²) in [5, 5.41) is 4.35. The van der Waals surface area contributed by atoms with Crippen LogP contribution in [0.5, 0.6) is 0 Å². The van der Waals surface area contributed by atoms with Gasteiger partial charge in [-0.1, -0.05) is 71.7 Å². The summed E-state index contributed by atoms with van der Waals surface area (Å²) in [7, 11) is 0. The number of ether oxygens (including phenoxy) is 1. The number of aryl methyl sites for hydroxylation is 1. The third-order valence-electron chi connectivity index (χ3n) is 5.05. The van der Waals surface area contributed by atoms with E-state index in [-0.39, 0.29) is 12.1 Å². The first-order chi connectivity index (χ1) is 13.7. The highest BCUT2D eigenvalue weighted by molar-refractivity contribution is 6.01. The minimum Gasteiger partial charge on any atom is -0.462 e. The summed E-state index contributed by atoms with van der Waals surface area (Å²) < 4.78 is 5.64. The number of esters is 1. The van der Waals surface area contributed by atoms with E-state index >= 15 is 0 Å². The maximum atomic E-state index is 12.3. The second-order valence-electron chi connectivity index (χ2n) is 7.41. The summed E-state index contributed by atoms with van der Waals surface area (Å²) in [6.07, 6.45) is 6.45. The molecule has 0 spiro atoms. The zero-order valence-electron chi connectivity index (χ0n) is 16.6. The van der Waals surface area contributed by atoms with Gasteiger partial charge in [-0.15, -0.1) is 0 Å². The van der Waals surface area contributed by atoms with Crippen LogP contribution < -0.4 is 0 Å². The van der Waals surface area contributed by atoms with Crippen molar-refractivity contribution in [1.82, 2.24) is 0 Å². The number of carbonyl (C=O) groups excluding carboxylic acids is 1. The van der Waals surface area contributed by atoms with Gasteiger partial charge in [0.15, 0.2) is 0 Å². The molecule has 28 heavy (non-hydrogen) atoms. The van der Waals surface area contributed by atoms with Gasteiger partial charge in [-0.2, -0.15) is 0 Å². The van der Waals surface area contributed by atoms with Gasteiger partial charge in [-0.3, -0.25) is 4.79 Å². The van der Waals surface area contributed by atoms with Crippen LogP contribution in [0.2, 0.25) is 0 Å². The Bertz CT molecular complexity index is 762. The van der Waals surface area contributed by atoms with Gasteiger partial charge in [-0.25, -0.2) is 0 Å². The molecule has 2 aromatic carbocycles. The zero-order chi connectivity index (χ0) is 19.6. The number of hydrogen-bond donors (Lipinski definition) is 0. The molecular weight excluding hydrogens is 350 g/mol. The molecule has 0 heterocycles. The fraction of sp³-hybridized carbons (Fsp3) is 0.417. The summed E-state index contributed by atoms with van der Waals surface area (Å²) in [4.78, 5) is 17.9. The van der Waals surface area contributed by atoms with E-state index in [2.05, 4.69) is 5.16 Å². The smallest absolute Gasteiger partial charge is 0.306 e. The minimum absolute atomic E-state index is 0.0929. The fourth-order valence-electron chi connectivity index (χ4n) is 3.40. The molecule has 148 valence electrons. The average molecular weight is 380 g/mol. The van der Waals surface area contributed by atoms with Crippen molar-refractivity contribution in [1.29, 1.82) is 0 Å². The second-order valence-corrected chi connectivity index (χ2v) is 7.41. The van der Waals surface area contributed by atoms with Crippen LogP contribution in [0, 0.1) is 6.92 Å². The van der Waals surface area contributed by atoms with Crippen molar-refractivity contribution in [2.45, 2.75) is 64.6 Å². The summed E-state index contributed by atoms with van der Waals surface area (Å²) in [6.45, 7) is 2.46. The average Bonchev–Trinajstić information content (AvgIpc) is 2.73. The molecule has 0 bridgehead atoms. The Morgan fingerprint density at radius 3 is 2.39 bits per heavy atom. The second kappa shape index (κ2) is 10.6. The summed E-state index contributed by atoms with van der Waals surface area (Å²) in [6, 6.07) is 18.1. The van der Waals surface area contributed by atoms with Gasteiger partial charge in [0.05, 0.1) is 12.1 Å². The van der Waals surface area contributed by atoms with Crippen LogP contribution in [-0.2, 0) is 21.0 Å². The molecule has 0 aliphatic heterocycles. The lowest BCUT2D eigenvalue weighted by Crippen LogP contribution is -2.21. The maximum absolute atomic E-state index is 12.3. The Kier molecular flexibility index (Phi) is 7.65. The predicted molar refractivity (Wildman–Crippen MR) is 111 cm³/mol. The van der Waals surface area contributed by atoms with E-state index in [0.29, 0.717) is 19.4 Å². The highest BCUT2D eigenvalue weighted by Gasteiger charge is 2.18. The molecule has 0 saturated heterocycles. The summed E-state index contributed by atoms with van der Waals surface area (Å²) in [5.41, 5.74) is 4.00. The number of oxime groups is 1. The monoisotopic (exact) mass is 379 g/mol. The number of nitrogens with zero attached hydrogens (tertiary/aromatic N) is 1. The SMILES string of the molecule is Cc1ccc(/C(CCC(=O)OC2CCCCC2)=N/OCc2ccccc2)cc1. The van der Waals surface area contributed by atoms with Crippen molar-refractivity contribution in [3.05, 3.63) is 71.3 Å². The van der Waals surface area contributed by atoms with Crippen LogP contribution in [-0.4, -0.2) is 17.8 Å². The topological polar surface area (TPSA) is 47.9 Å². The van der Waals surface area contributed by atoms with Crippen molar-refractivity contribution in [2.24, 2.45) is 5.16 Å².